The Labute approximate surface area is 142 Å². The third-order valence-corrected chi connectivity index (χ3v) is 4.03. The molecule has 0 aliphatic carbocycles. The molecule has 0 spiro atoms. The minimum atomic E-state index is -0.0711. The standard InChI is InChI=1S/C17H13ClN4O2/c18-12-5-1-3-10(7-12)16-21-14(24-22-16)9-19-13-6-2-4-11-8-20-17(23)15(11)13/h1-7,19H,8-9H2,(H,20,23). The summed E-state index contributed by atoms with van der Waals surface area (Å²) in [5, 5.41) is 10.6. The second-order valence-corrected chi connectivity index (χ2v) is 5.83. The number of carbonyl (C=O) groups is 1. The normalized spacial score (nSPS) is 12.8. The molecule has 4 rings (SSSR count). The predicted molar refractivity (Wildman–Crippen MR) is 89.7 cm³/mol. The Morgan fingerprint density at radius 1 is 1.25 bits per heavy atom. The van der Waals surface area contributed by atoms with Crippen LogP contribution in [0.4, 0.5) is 5.69 Å². The molecule has 2 heterocycles. The minimum absolute atomic E-state index is 0.0711. The molecule has 0 fully saturated rings. The largest absolute Gasteiger partial charge is 0.375 e. The van der Waals surface area contributed by atoms with E-state index in [1.807, 2.05) is 30.3 Å². The first-order valence-corrected chi connectivity index (χ1v) is 7.81. The topological polar surface area (TPSA) is 80.0 Å². The third-order valence-electron chi connectivity index (χ3n) is 3.80. The summed E-state index contributed by atoms with van der Waals surface area (Å²) in [4.78, 5) is 16.3. The van der Waals surface area contributed by atoms with Gasteiger partial charge in [0.2, 0.25) is 11.7 Å². The highest BCUT2D eigenvalue weighted by Gasteiger charge is 2.22. The molecule has 0 radical (unpaired) electrons. The lowest BCUT2D eigenvalue weighted by Crippen LogP contribution is -2.14. The maximum Gasteiger partial charge on any atom is 0.253 e. The van der Waals surface area contributed by atoms with Gasteiger partial charge in [-0.3, -0.25) is 4.79 Å². The Bertz CT molecular complexity index is 922. The zero-order chi connectivity index (χ0) is 16.5. The van der Waals surface area contributed by atoms with Crippen molar-refractivity contribution in [2.24, 2.45) is 0 Å². The molecule has 0 saturated heterocycles. The second-order valence-electron chi connectivity index (χ2n) is 5.40. The molecule has 2 aromatic carbocycles. The first kappa shape index (κ1) is 14.7. The van der Waals surface area contributed by atoms with Crippen LogP contribution in [0, 0.1) is 0 Å². The van der Waals surface area contributed by atoms with Crippen LogP contribution in [0.2, 0.25) is 5.02 Å². The number of amides is 1. The molecule has 1 aromatic heterocycles. The Morgan fingerprint density at radius 3 is 3.00 bits per heavy atom. The molecule has 24 heavy (non-hydrogen) atoms. The van der Waals surface area contributed by atoms with Gasteiger partial charge in [-0.05, 0) is 23.8 Å². The van der Waals surface area contributed by atoms with E-state index in [4.69, 9.17) is 16.1 Å². The first-order valence-electron chi connectivity index (χ1n) is 7.43. The van der Waals surface area contributed by atoms with Crippen LogP contribution >= 0.6 is 11.6 Å². The maximum absolute atomic E-state index is 11.9. The van der Waals surface area contributed by atoms with Crippen LogP contribution < -0.4 is 10.6 Å². The average Bonchev–Trinajstić information content (AvgIpc) is 3.21. The number of nitrogens with zero attached hydrogens (tertiary/aromatic N) is 2. The fraction of sp³-hybridized carbons (Fsp3) is 0.118. The molecule has 0 saturated carbocycles. The van der Waals surface area contributed by atoms with Crippen LogP contribution in [0.5, 0.6) is 0 Å². The van der Waals surface area contributed by atoms with E-state index in [-0.39, 0.29) is 5.91 Å². The molecule has 7 heteroatoms. The van der Waals surface area contributed by atoms with Crippen LogP contribution in [0.25, 0.3) is 11.4 Å². The van der Waals surface area contributed by atoms with E-state index in [1.165, 1.54) is 0 Å². The lowest BCUT2D eigenvalue weighted by molar-refractivity contribution is 0.0966. The number of fused-ring (bicyclic) bond motifs is 1. The summed E-state index contributed by atoms with van der Waals surface area (Å²) in [5.41, 5.74) is 3.20. The molecule has 0 bridgehead atoms. The fourth-order valence-electron chi connectivity index (χ4n) is 2.67. The number of rotatable bonds is 4. The zero-order valence-corrected chi connectivity index (χ0v) is 13.3. The van der Waals surface area contributed by atoms with Gasteiger partial charge in [-0.25, -0.2) is 0 Å². The number of nitrogens with one attached hydrogen (secondary N) is 2. The number of anilines is 1. The summed E-state index contributed by atoms with van der Waals surface area (Å²) >= 11 is 5.97. The quantitative estimate of drug-likeness (QED) is 0.762. The predicted octanol–water partition coefficient (Wildman–Crippen LogP) is 3.25. The van der Waals surface area contributed by atoms with Crippen molar-refractivity contribution in [3.63, 3.8) is 0 Å². The molecular weight excluding hydrogens is 328 g/mol. The smallest absolute Gasteiger partial charge is 0.253 e. The second kappa shape index (κ2) is 5.98. The number of hydrogen-bond donors (Lipinski definition) is 2. The van der Waals surface area contributed by atoms with Crippen molar-refractivity contribution in [1.82, 2.24) is 15.5 Å². The molecular formula is C17H13ClN4O2. The van der Waals surface area contributed by atoms with Crippen LogP contribution in [0.3, 0.4) is 0 Å². The summed E-state index contributed by atoms with van der Waals surface area (Å²) in [6.45, 7) is 0.889. The molecule has 1 aliphatic heterocycles. The number of benzene rings is 2. The molecule has 1 amide bonds. The van der Waals surface area contributed by atoms with Crippen molar-refractivity contribution < 1.29 is 9.32 Å². The monoisotopic (exact) mass is 340 g/mol. The van der Waals surface area contributed by atoms with Crippen molar-refractivity contribution in [2.45, 2.75) is 13.1 Å². The molecule has 3 aromatic rings. The van der Waals surface area contributed by atoms with Crippen molar-refractivity contribution in [3.05, 3.63) is 64.5 Å². The average molecular weight is 341 g/mol. The van der Waals surface area contributed by atoms with Gasteiger partial charge in [0.05, 0.1) is 12.1 Å². The van der Waals surface area contributed by atoms with E-state index < -0.39 is 0 Å². The van der Waals surface area contributed by atoms with Gasteiger partial charge < -0.3 is 15.2 Å². The van der Waals surface area contributed by atoms with Crippen molar-refractivity contribution in [1.29, 1.82) is 0 Å². The van der Waals surface area contributed by atoms with Gasteiger partial charge in [-0.2, -0.15) is 4.98 Å². The summed E-state index contributed by atoms with van der Waals surface area (Å²) in [7, 11) is 0. The number of hydrogen-bond acceptors (Lipinski definition) is 5. The van der Waals surface area contributed by atoms with E-state index in [9.17, 15) is 4.79 Å². The SMILES string of the molecule is O=C1NCc2cccc(NCc3nc(-c4cccc(Cl)c4)no3)c21. The molecule has 0 atom stereocenters. The number of carbonyl (C=O) groups excluding carboxylic acids is 1. The maximum atomic E-state index is 11.9. The molecule has 0 unspecified atom stereocenters. The highest BCUT2D eigenvalue weighted by atomic mass is 35.5. The third kappa shape index (κ3) is 2.72. The lowest BCUT2D eigenvalue weighted by Gasteiger charge is -2.07. The Hall–Kier alpha value is -2.86. The zero-order valence-electron chi connectivity index (χ0n) is 12.5. The van der Waals surface area contributed by atoms with Gasteiger partial charge in [0.1, 0.15) is 0 Å². The summed E-state index contributed by atoms with van der Waals surface area (Å²) in [5.74, 6) is 0.838. The number of aromatic nitrogens is 2. The van der Waals surface area contributed by atoms with E-state index in [0.29, 0.717) is 35.4 Å². The van der Waals surface area contributed by atoms with Crippen LogP contribution in [-0.4, -0.2) is 16.0 Å². The molecule has 2 N–H and O–H groups in total. The van der Waals surface area contributed by atoms with Gasteiger partial charge in [-0.15, -0.1) is 0 Å². The summed E-state index contributed by atoms with van der Waals surface area (Å²) in [6.07, 6.45) is 0. The van der Waals surface area contributed by atoms with E-state index in [0.717, 1.165) is 16.8 Å². The van der Waals surface area contributed by atoms with Gasteiger partial charge in [0.25, 0.3) is 5.91 Å². The molecule has 120 valence electrons. The fourth-order valence-corrected chi connectivity index (χ4v) is 2.86. The van der Waals surface area contributed by atoms with Crippen molar-refractivity contribution in [2.75, 3.05) is 5.32 Å². The van der Waals surface area contributed by atoms with Gasteiger partial charge >= 0.3 is 0 Å². The van der Waals surface area contributed by atoms with Crippen molar-refractivity contribution >= 4 is 23.2 Å². The van der Waals surface area contributed by atoms with Gasteiger partial charge in [0, 0.05) is 22.8 Å². The number of halogens is 1. The van der Waals surface area contributed by atoms with Crippen molar-refractivity contribution in [3.8, 4) is 11.4 Å². The van der Waals surface area contributed by atoms with Crippen LogP contribution in [0.1, 0.15) is 21.8 Å². The summed E-state index contributed by atoms with van der Waals surface area (Å²) in [6, 6.07) is 13.0. The Balaban J connectivity index is 1.52. The highest BCUT2D eigenvalue weighted by molar-refractivity contribution is 6.30. The molecule has 1 aliphatic rings. The highest BCUT2D eigenvalue weighted by Crippen LogP contribution is 2.25. The van der Waals surface area contributed by atoms with Crippen LogP contribution in [0.15, 0.2) is 47.0 Å². The van der Waals surface area contributed by atoms with Gasteiger partial charge in [-0.1, -0.05) is 41.0 Å². The van der Waals surface area contributed by atoms with Crippen LogP contribution in [-0.2, 0) is 13.1 Å². The lowest BCUT2D eigenvalue weighted by atomic mass is 10.1. The van der Waals surface area contributed by atoms with Gasteiger partial charge in [0.15, 0.2) is 0 Å². The van der Waals surface area contributed by atoms with E-state index >= 15 is 0 Å². The Kier molecular flexibility index (Phi) is 3.66. The minimum Gasteiger partial charge on any atom is -0.375 e. The molecule has 6 nitrogen and oxygen atoms in total. The summed E-state index contributed by atoms with van der Waals surface area (Å²) < 4.78 is 5.26. The van der Waals surface area contributed by atoms with E-state index in [2.05, 4.69) is 20.8 Å². The Morgan fingerprint density at radius 2 is 2.12 bits per heavy atom. The van der Waals surface area contributed by atoms with E-state index in [1.54, 1.807) is 12.1 Å². The first-order chi connectivity index (χ1) is 11.7.